The van der Waals surface area contributed by atoms with Crippen LogP contribution in [0.3, 0.4) is 0 Å². The molecule has 0 spiro atoms. The van der Waals surface area contributed by atoms with E-state index in [0.717, 1.165) is 64.2 Å². The molecule has 0 saturated heterocycles. The minimum absolute atomic E-state index is 0.102. The molecule has 0 heterocycles. The zero-order valence-corrected chi connectivity index (χ0v) is 39.0. The van der Waals surface area contributed by atoms with Crippen LogP contribution in [0.4, 0.5) is 0 Å². The van der Waals surface area contributed by atoms with Gasteiger partial charge < -0.3 is 14.2 Å². The highest BCUT2D eigenvalue weighted by Gasteiger charge is 2.19. The third kappa shape index (κ3) is 46.3. The largest absolute Gasteiger partial charge is 0.462 e. The van der Waals surface area contributed by atoms with Gasteiger partial charge in [0.25, 0.3) is 0 Å². The Balaban J connectivity index is 4.45. The molecule has 1 atom stereocenters. The summed E-state index contributed by atoms with van der Waals surface area (Å²) in [7, 11) is 0. The molecule has 342 valence electrons. The normalized spacial score (nSPS) is 12.4. The van der Waals surface area contributed by atoms with Crippen LogP contribution in [0.2, 0.25) is 0 Å². The molecule has 0 fully saturated rings. The summed E-state index contributed by atoms with van der Waals surface area (Å²) in [6.07, 6.45) is 56.8. The number of allylic oxidation sites excluding steroid dienone is 8. The van der Waals surface area contributed by atoms with Crippen molar-refractivity contribution in [1.82, 2.24) is 0 Å². The molecule has 59 heavy (non-hydrogen) atoms. The van der Waals surface area contributed by atoms with Gasteiger partial charge in [0.2, 0.25) is 0 Å². The molecule has 0 aliphatic heterocycles. The van der Waals surface area contributed by atoms with E-state index < -0.39 is 6.10 Å². The molecule has 0 amide bonds. The van der Waals surface area contributed by atoms with Crippen molar-refractivity contribution in [2.45, 2.75) is 258 Å². The van der Waals surface area contributed by atoms with E-state index in [1.807, 2.05) is 6.08 Å². The summed E-state index contributed by atoms with van der Waals surface area (Å²) in [6.45, 7) is 6.54. The van der Waals surface area contributed by atoms with Gasteiger partial charge in [0.1, 0.15) is 13.2 Å². The van der Waals surface area contributed by atoms with Gasteiger partial charge in [0.15, 0.2) is 6.10 Å². The zero-order valence-electron chi connectivity index (χ0n) is 39.0. The average molecular weight is 827 g/mol. The molecule has 0 aliphatic rings. The maximum absolute atomic E-state index is 12.7. The van der Waals surface area contributed by atoms with Crippen molar-refractivity contribution in [3.8, 4) is 0 Å². The molecule has 0 rings (SSSR count). The number of ether oxygens (including phenoxy) is 3. The first-order valence-corrected chi connectivity index (χ1v) is 25.1. The Morgan fingerprint density at radius 3 is 1.05 bits per heavy atom. The van der Waals surface area contributed by atoms with Crippen LogP contribution >= 0.6 is 0 Å². The Hall–Kier alpha value is -2.63. The summed E-state index contributed by atoms with van der Waals surface area (Å²) in [5.74, 6) is -0.988. The van der Waals surface area contributed by atoms with Crippen LogP contribution in [0.5, 0.6) is 0 Å². The van der Waals surface area contributed by atoms with Gasteiger partial charge in [0.05, 0.1) is 0 Å². The topological polar surface area (TPSA) is 78.9 Å². The smallest absolute Gasteiger partial charge is 0.306 e. The van der Waals surface area contributed by atoms with Crippen molar-refractivity contribution < 1.29 is 28.6 Å². The summed E-state index contributed by atoms with van der Waals surface area (Å²) in [5, 5.41) is 0. The van der Waals surface area contributed by atoms with Crippen LogP contribution in [0.1, 0.15) is 252 Å². The molecule has 0 saturated carbocycles. The predicted octanol–water partition coefficient (Wildman–Crippen LogP) is 16.3. The lowest BCUT2D eigenvalue weighted by molar-refractivity contribution is -0.166. The molecule has 6 nitrogen and oxygen atoms in total. The Morgan fingerprint density at radius 2 is 0.644 bits per heavy atom. The first kappa shape index (κ1) is 56.4. The van der Waals surface area contributed by atoms with Gasteiger partial charge >= 0.3 is 17.9 Å². The third-order valence-electron chi connectivity index (χ3n) is 10.8. The van der Waals surface area contributed by atoms with Crippen molar-refractivity contribution in [3.05, 3.63) is 48.6 Å². The van der Waals surface area contributed by atoms with E-state index in [9.17, 15) is 14.4 Å². The fourth-order valence-corrected chi connectivity index (χ4v) is 6.95. The van der Waals surface area contributed by atoms with Gasteiger partial charge in [0, 0.05) is 19.3 Å². The molecule has 0 aromatic carbocycles. The number of hydrogen-bond acceptors (Lipinski definition) is 6. The van der Waals surface area contributed by atoms with E-state index in [4.69, 9.17) is 14.2 Å². The standard InChI is InChI=1S/C53H94O6/c1-4-7-10-13-16-19-22-25-26-29-31-34-37-40-43-46-52(55)58-49-50(59-53(56)47-44-41-38-35-32-28-24-21-18-15-12-9-6-3)48-57-51(54)45-42-39-36-33-30-27-23-20-17-14-11-8-5-2/h19,22,27-28,30,32,38,41,50H,4-18,20-21,23-26,29,31,33-37,39-40,42-49H2,1-3H3/b22-19-,30-27-,32-28-,41-38-. The zero-order chi connectivity index (χ0) is 43.0. The van der Waals surface area contributed by atoms with Gasteiger partial charge in [-0.15, -0.1) is 0 Å². The van der Waals surface area contributed by atoms with Crippen molar-refractivity contribution in [3.63, 3.8) is 0 Å². The minimum Gasteiger partial charge on any atom is -0.462 e. The quantitative estimate of drug-likeness (QED) is 0.0263. The van der Waals surface area contributed by atoms with Crippen molar-refractivity contribution in [1.29, 1.82) is 0 Å². The number of unbranched alkanes of at least 4 members (excludes halogenated alkanes) is 26. The van der Waals surface area contributed by atoms with Crippen molar-refractivity contribution >= 4 is 17.9 Å². The highest BCUT2D eigenvalue weighted by molar-refractivity contribution is 5.71. The van der Waals surface area contributed by atoms with Crippen molar-refractivity contribution in [2.24, 2.45) is 0 Å². The maximum atomic E-state index is 12.7. The molecule has 0 aliphatic carbocycles. The summed E-state index contributed by atoms with van der Waals surface area (Å²) in [4.78, 5) is 37.8. The summed E-state index contributed by atoms with van der Waals surface area (Å²) in [5.41, 5.74) is 0. The van der Waals surface area contributed by atoms with Crippen LogP contribution in [0.15, 0.2) is 48.6 Å². The summed E-state index contributed by atoms with van der Waals surface area (Å²) < 4.78 is 16.7. The summed E-state index contributed by atoms with van der Waals surface area (Å²) >= 11 is 0. The second-order valence-electron chi connectivity index (χ2n) is 16.7. The fraction of sp³-hybridized carbons (Fsp3) is 0.792. The van der Waals surface area contributed by atoms with E-state index >= 15 is 0 Å². The van der Waals surface area contributed by atoms with E-state index in [-0.39, 0.29) is 37.5 Å². The number of carbonyl (C=O) groups is 3. The monoisotopic (exact) mass is 827 g/mol. The lowest BCUT2D eigenvalue weighted by Gasteiger charge is -2.18. The van der Waals surface area contributed by atoms with Crippen LogP contribution < -0.4 is 0 Å². The predicted molar refractivity (Wildman–Crippen MR) is 252 cm³/mol. The van der Waals surface area contributed by atoms with E-state index in [1.54, 1.807) is 0 Å². The van der Waals surface area contributed by atoms with Crippen LogP contribution in [-0.2, 0) is 28.6 Å². The molecule has 0 bridgehead atoms. The summed E-state index contributed by atoms with van der Waals surface area (Å²) in [6, 6.07) is 0. The SMILES string of the molecule is CCCCCC/C=C\CCCCCCCCCC(=O)OCC(COC(=O)CCCCC/C=C\CCCCCCCC)OC(=O)CC/C=C\C/C=C\CCCCCCCC. The minimum atomic E-state index is -0.808. The molecular weight excluding hydrogens is 733 g/mol. The lowest BCUT2D eigenvalue weighted by Crippen LogP contribution is -2.30. The third-order valence-corrected chi connectivity index (χ3v) is 10.8. The van der Waals surface area contributed by atoms with Crippen molar-refractivity contribution in [2.75, 3.05) is 13.2 Å². The number of carbonyl (C=O) groups excluding carboxylic acids is 3. The molecule has 0 aromatic heterocycles. The highest BCUT2D eigenvalue weighted by atomic mass is 16.6. The molecule has 1 unspecified atom stereocenters. The Bertz CT molecular complexity index is 1040. The van der Waals surface area contributed by atoms with Gasteiger partial charge in [-0.2, -0.15) is 0 Å². The molecule has 6 heteroatoms. The molecule has 0 radical (unpaired) electrons. The maximum Gasteiger partial charge on any atom is 0.306 e. The Labute approximate surface area is 365 Å². The number of rotatable bonds is 45. The van der Waals surface area contributed by atoms with Crippen LogP contribution in [0, 0.1) is 0 Å². The average Bonchev–Trinajstić information content (AvgIpc) is 3.23. The van der Waals surface area contributed by atoms with Gasteiger partial charge in [-0.3, -0.25) is 14.4 Å². The molecular formula is C53H94O6. The van der Waals surface area contributed by atoms with Crippen LogP contribution in [0.25, 0.3) is 0 Å². The fourth-order valence-electron chi connectivity index (χ4n) is 6.95. The number of esters is 3. The molecule has 0 aromatic rings. The number of hydrogen-bond donors (Lipinski definition) is 0. The van der Waals surface area contributed by atoms with E-state index in [0.29, 0.717) is 19.3 Å². The molecule has 0 N–H and O–H groups in total. The first-order chi connectivity index (χ1) is 29.0. The first-order valence-electron chi connectivity index (χ1n) is 25.1. The second-order valence-corrected chi connectivity index (χ2v) is 16.7. The Morgan fingerprint density at radius 1 is 0.339 bits per heavy atom. The van der Waals surface area contributed by atoms with Gasteiger partial charge in [-0.05, 0) is 89.9 Å². The van der Waals surface area contributed by atoms with E-state index in [1.165, 1.54) is 141 Å². The highest BCUT2D eigenvalue weighted by Crippen LogP contribution is 2.13. The van der Waals surface area contributed by atoms with Gasteiger partial charge in [-0.1, -0.05) is 191 Å². The van der Waals surface area contributed by atoms with Crippen LogP contribution in [-0.4, -0.2) is 37.2 Å². The van der Waals surface area contributed by atoms with E-state index in [2.05, 4.69) is 63.3 Å². The Kier molecular flexibility index (Phi) is 45.9. The second kappa shape index (κ2) is 48.0. The lowest BCUT2D eigenvalue weighted by atomic mass is 10.1. The van der Waals surface area contributed by atoms with Gasteiger partial charge in [-0.25, -0.2) is 0 Å².